The molecule has 9 heteroatoms. The van der Waals surface area contributed by atoms with Gasteiger partial charge in [0.05, 0.1) is 30.5 Å². The van der Waals surface area contributed by atoms with Crippen molar-refractivity contribution in [3.63, 3.8) is 0 Å². The van der Waals surface area contributed by atoms with E-state index in [9.17, 15) is 18.0 Å². The molecule has 0 bridgehead atoms. The van der Waals surface area contributed by atoms with E-state index in [0.717, 1.165) is 26.4 Å². The summed E-state index contributed by atoms with van der Waals surface area (Å²) >= 11 is 0. The molecule has 0 N–H and O–H groups in total. The minimum absolute atomic E-state index is 0.00942. The number of aromatic nitrogens is 1. The van der Waals surface area contributed by atoms with Crippen LogP contribution in [0.2, 0.25) is 0 Å². The van der Waals surface area contributed by atoms with E-state index in [1.54, 1.807) is 6.20 Å². The number of rotatable bonds is 7. The third-order valence-corrected chi connectivity index (χ3v) is 8.35. The Morgan fingerprint density at radius 3 is 2.33 bits per heavy atom. The number of methoxy groups -OCH3 is 1. The van der Waals surface area contributed by atoms with Crippen molar-refractivity contribution >= 4 is 38.5 Å². The standard InChI is InChI=1S/C30H34N2O6S/c1-8-16-32(39(35,36)22-11-9-21(37-7)10-12-22)26(33)18-20-19-30(5,6)27-23(20)13-14-25-24(27)15-17-31(25)28(34)38-29(2,3)4/h8-15,17,19H,1,16,18H2,2-7H3. The number of hydrogen-bond donors (Lipinski definition) is 0. The molecule has 0 radical (unpaired) electrons. The Hall–Kier alpha value is -3.85. The zero-order chi connectivity index (χ0) is 28.8. The lowest BCUT2D eigenvalue weighted by atomic mass is 9.85. The number of allylic oxidation sites excluding steroid dienone is 1. The van der Waals surface area contributed by atoms with Gasteiger partial charge in [-0.1, -0.05) is 32.1 Å². The molecule has 1 aliphatic carbocycles. The van der Waals surface area contributed by atoms with Crippen molar-refractivity contribution < 1.29 is 27.5 Å². The van der Waals surface area contributed by atoms with Crippen molar-refractivity contribution in [1.82, 2.24) is 8.87 Å². The van der Waals surface area contributed by atoms with Gasteiger partial charge in [0.1, 0.15) is 11.4 Å². The first kappa shape index (κ1) is 28.2. The number of sulfonamides is 1. The summed E-state index contributed by atoms with van der Waals surface area (Å²) in [6.07, 6.45) is 4.48. The van der Waals surface area contributed by atoms with Gasteiger partial charge in [-0.15, -0.1) is 6.58 Å². The van der Waals surface area contributed by atoms with Gasteiger partial charge in [0.2, 0.25) is 5.91 Å². The van der Waals surface area contributed by atoms with Crippen LogP contribution in [0.15, 0.2) is 72.3 Å². The number of benzene rings is 2. The molecule has 0 saturated heterocycles. The van der Waals surface area contributed by atoms with Gasteiger partial charge in [-0.05, 0) is 73.9 Å². The fourth-order valence-corrected chi connectivity index (χ4v) is 6.33. The number of carbonyl (C=O) groups is 2. The molecule has 1 aliphatic rings. The largest absolute Gasteiger partial charge is 0.497 e. The molecule has 1 heterocycles. The molecule has 39 heavy (non-hydrogen) atoms. The van der Waals surface area contributed by atoms with Crippen molar-refractivity contribution in [2.45, 2.75) is 57.0 Å². The predicted octanol–water partition coefficient (Wildman–Crippen LogP) is 5.90. The number of fused-ring (bicyclic) bond motifs is 3. The van der Waals surface area contributed by atoms with Gasteiger partial charge < -0.3 is 9.47 Å². The van der Waals surface area contributed by atoms with E-state index < -0.39 is 33.0 Å². The SMILES string of the molecule is C=CCN(C(=O)CC1=CC(C)(C)c2c1ccc1c2ccn1C(=O)OC(C)(C)C)S(=O)(=O)c1ccc(OC)cc1. The van der Waals surface area contributed by atoms with Crippen molar-refractivity contribution in [2.75, 3.05) is 13.7 Å². The number of hydrogen-bond acceptors (Lipinski definition) is 6. The normalized spacial score (nSPS) is 14.5. The number of ether oxygens (including phenoxy) is 2. The summed E-state index contributed by atoms with van der Waals surface area (Å²) in [5.41, 5.74) is 2.16. The topological polar surface area (TPSA) is 94.9 Å². The van der Waals surface area contributed by atoms with E-state index in [1.165, 1.54) is 42.0 Å². The Balaban J connectivity index is 1.68. The second-order valence-electron chi connectivity index (χ2n) is 11.0. The molecule has 0 atom stereocenters. The van der Waals surface area contributed by atoms with E-state index in [-0.39, 0.29) is 17.9 Å². The van der Waals surface area contributed by atoms with E-state index in [0.29, 0.717) is 11.3 Å². The van der Waals surface area contributed by atoms with Crippen LogP contribution < -0.4 is 4.74 Å². The smallest absolute Gasteiger partial charge is 0.418 e. The fourth-order valence-electron chi connectivity index (χ4n) is 4.96. The Kier molecular flexibility index (Phi) is 7.25. The number of amides is 1. The van der Waals surface area contributed by atoms with Gasteiger partial charge in [-0.3, -0.25) is 9.36 Å². The summed E-state index contributed by atoms with van der Waals surface area (Å²) in [6.45, 7) is 13.0. The second-order valence-corrected chi connectivity index (χ2v) is 12.9. The highest BCUT2D eigenvalue weighted by atomic mass is 32.2. The van der Waals surface area contributed by atoms with Gasteiger partial charge >= 0.3 is 6.09 Å². The van der Waals surface area contributed by atoms with Gasteiger partial charge in [-0.25, -0.2) is 17.5 Å². The minimum Gasteiger partial charge on any atom is -0.497 e. The third kappa shape index (κ3) is 5.36. The van der Waals surface area contributed by atoms with Crippen LogP contribution in [0, 0.1) is 0 Å². The summed E-state index contributed by atoms with van der Waals surface area (Å²) < 4.78 is 39.8. The predicted molar refractivity (Wildman–Crippen MR) is 151 cm³/mol. The Labute approximate surface area is 229 Å². The van der Waals surface area contributed by atoms with Crippen LogP contribution in [0.4, 0.5) is 4.79 Å². The Morgan fingerprint density at radius 1 is 1.08 bits per heavy atom. The number of carbonyl (C=O) groups excluding carboxylic acids is 2. The average Bonchev–Trinajstić information content (AvgIpc) is 3.39. The molecule has 0 spiro atoms. The highest BCUT2D eigenvalue weighted by Gasteiger charge is 2.36. The lowest BCUT2D eigenvalue weighted by molar-refractivity contribution is -0.125. The average molecular weight is 551 g/mol. The fraction of sp³-hybridized carbons (Fsp3) is 0.333. The quantitative estimate of drug-likeness (QED) is 0.340. The van der Waals surface area contributed by atoms with Crippen molar-refractivity contribution in [1.29, 1.82) is 0 Å². The van der Waals surface area contributed by atoms with Crippen LogP contribution >= 0.6 is 0 Å². The van der Waals surface area contributed by atoms with Crippen LogP contribution in [0.3, 0.4) is 0 Å². The minimum atomic E-state index is -4.12. The van der Waals surface area contributed by atoms with Crippen molar-refractivity contribution in [3.8, 4) is 5.75 Å². The summed E-state index contributed by atoms with van der Waals surface area (Å²) in [7, 11) is -2.62. The van der Waals surface area contributed by atoms with Gasteiger partial charge in [-0.2, -0.15) is 0 Å². The molecule has 0 fully saturated rings. The molecule has 1 aromatic heterocycles. The molecular weight excluding hydrogens is 516 g/mol. The first-order chi connectivity index (χ1) is 18.2. The van der Waals surface area contributed by atoms with Gasteiger partial charge in [0, 0.05) is 17.0 Å². The maximum atomic E-state index is 13.5. The van der Waals surface area contributed by atoms with Gasteiger partial charge in [0.25, 0.3) is 10.0 Å². The second kappa shape index (κ2) is 10.0. The monoisotopic (exact) mass is 550 g/mol. The van der Waals surface area contributed by atoms with E-state index in [2.05, 4.69) is 6.58 Å². The van der Waals surface area contributed by atoms with Crippen molar-refractivity contribution in [3.05, 3.63) is 78.5 Å². The lowest BCUT2D eigenvalue weighted by Crippen LogP contribution is -2.37. The molecule has 4 rings (SSSR count). The van der Waals surface area contributed by atoms with Crippen molar-refractivity contribution in [2.24, 2.45) is 0 Å². The molecule has 0 aliphatic heterocycles. The van der Waals surface area contributed by atoms with Crippen LogP contribution in [0.1, 0.15) is 52.2 Å². The maximum absolute atomic E-state index is 13.5. The highest BCUT2D eigenvalue weighted by molar-refractivity contribution is 7.89. The summed E-state index contributed by atoms with van der Waals surface area (Å²) in [5.74, 6) is -0.0515. The first-order valence-electron chi connectivity index (χ1n) is 12.6. The summed E-state index contributed by atoms with van der Waals surface area (Å²) in [6, 6.07) is 11.5. The maximum Gasteiger partial charge on any atom is 0.418 e. The van der Waals surface area contributed by atoms with E-state index in [1.807, 2.05) is 58.9 Å². The Bertz CT molecular complexity index is 1590. The molecule has 2 aromatic carbocycles. The number of nitrogens with zero attached hydrogens (tertiary/aromatic N) is 2. The summed E-state index contributed by atoms with van der Waals surface area (Å²) in [5, 5.41) is 0.871. The molecule has 0 unspecified atom stereocenters. The molecule has 0 saturated carbocycles. The van der Waals surface area contributed by atoms with Crippen LogP contribution in [0.5, 0.6) is 5.75 Å². The molecule has 8 nitrogen and oxygen atoms in total. The Morgan fingerprint density at radius 2 is 1.74 bits per heavy atom. The lowest BCUT2D eigenvalue weighted by Gasteiger charge is -2.22. The zero-order valence-corrected chi connectivity index (χ0v) is 24.0. The van der Waals surface area contributed by atoms with Crippen LogP contribution in [0.25, 0.3) is 16.5 Å². The molecule has 206 valence electrons. The van der Waals surface area contributed by atoms with Crippen LogP contribution in [-0.4, -0.2) is 48.5 Å². The molecule has 3 aromatic rings. The van der Waals surface area contributed by atoms with E-state index in [4.69, 9.17) is 9.47 Å². The van der Waals surface area contributed by atoms with Gasteiger partial charge in [0.15, 0.2) is 0 Å². The summed E-state index contributed by atoms with van der Waals surface area (Å²) in [4.78, 5) is 26.3. The zero-order valence-electron chi connectivity index (χ0n) is 23.1. The van der Waals surface area contributed by atoms with Crippen LogP contribution in [-0.2, 0) is 25.0 Å². The van der Waals surface area contributed by atoms with E-state index >= 15 is 0 Å². The highest BCUT2D eigenvalue weighted by Crippen LogP contribution is 2.45. The third-order valence-electron chi connectivity index (χ3n) is 6.55. The molecule has 1 amide bonds. The first-order valence-corrected chi connectivity index (χ1v) is 14.0. The molecular formula is C30H34N2O6S.